The number of nitrogen functional groups attached to an aromatic ring is 1. The van der Waals surface area contributed by atoms with Gasteiger partial charge in [0.2, 0.25) is 5.95 Å². The molecule has 0 spiro atoms. The predicted octanol–water partition coefficient (Wildman–Crippen LogP) is 1.80. The van der Waals surface area contributed by atoms with Gasteiger partial charge >= 0.3 is 5.69 Å². The first kappa shape index (κ1) is 15.6. The van der Waals surface area contributed by atoms with Gasteiger partial charge in [0, 0.05) is 18.0 Å². The van der Waals surface area contributed by atoms with Gasteiger partial charge in [0.15, 0.2) is 5.65 Å². The number of benzene rings is 1. The lowest BCUT2D eigenvalue weighted by molar-refractivity contribution is 0.489. The second-order valence-electron chi connectivity index (χ2n) is 5.43. The first-order valence-electron chi connectivity index (χ1n) is 7.62. The van der Waals surface area contributed by atoms with Gasteiger partial charge in [-0.15, -0.1) is 5.10 Å². The van der Waals surface area contributed by atoms with Gasteiger partial charge in [-0.2, -0.15) is 5.10 Å². The maximum atomic E-state index is 12.6. The van der Waals surface area contributed by atoms with Crippen LogP contribution in [-0.4, -0.2) is 28.9 Å². The van der Waals surface area contributed by atoms with Gasteiger partial charge in [-0.25, -0.2) is 18.9 Å². The number of anilines is 1. The Hall–Kier alpha value is -2.94. The van der Waals surface area contributed by atoms with Crippen molar-refractivity contribution in [3.8, 4) is 11.3 Å². The van der Waals surface area contributed by atoms with Crippen molar-refractivity contribution >= 4 is 27.5 Å². The number of aryl methyl sites for hydroxylation is 2. The maximum absolute atomic E-state index is 12.6. The zero-order chi connectivity index (χ0) is 17.4. The van der Waals surface area contributed by atoms with E-state index in [4.69, 9.17) is 5.73 Å². The molecule has 3 aromatic heterocycles. The van der Waals surface area contributed by atoms with Gasteiger partial charge < -0.3 is 5.73 Å². The minimum Gasteiger partial charge on any atom is -0.369 e. The molecule has 0 saturated heterocycles. The minimum atomic E-state index is -0.326. The van der Waals surface area contributed by atoms with Crippen molar-refractivity contribution in [2.45, 2.75) is 13.1 Å². The van der Waals surface area contributed by atoms with E-state index in [2.05, 4.69) is 31.1 Å². The van der Waals surface area contributed by atoms with Crippen LogP contribution in [0.25, 0.3) is 16.9 Å². The van der Waals surface area contributed by atoms with Gasteiger partial charge in [0.05, 0.1) is 23.3 Å². The molecule has 0 fully saturated rings. The molecule has 0 aliphatic rings. The zero-order valence-corrected chi connectivity index (χ0v) is 14.7. The summed E-state index contributed by atoms with van der Waals surface area (Å²) < 4.78 is 5.04. The highest BCUT2D eigenvalue weighted by atomic mass is 79.9. The molecular weight excluding hydrogens is 386 g/mol. The molecule has 0 amide bonds. The normalized spacial score (nSPS) is 11.2. The molecule has 4 aromatic rings. The lowest BCUT2D eigenvalue weighted by atomic mass is 10.1. The largest absolute Gasteiger partial charge is 0.369 e. The molecule has 0 bridgehead atoms. The Bertz CT molecular complexity index is 1080. The molecule has 2 N–H and O–H groups in total. The van der Waals surface area contributed by atoms with Crippen LogP contribution in [0.4, 0.5) is 5.95 Å². The second-order valence-corrected chi connectivity index (χ2v) is 6.23. The summed E-state index contributed by atoms with van der Waals surface area (Å²) >= 11 is 3.52. The van der Waals surface area contributed by atoms with Gasteiger partial charge in [-0.05, 0) is 22.0 Å². The number of hydrogen-bond acceptors (Lipinski definition) is 5. The monoisotopic (exact) mass is 399 g/mol. The molecule has 126 valence electrons. The SMILES string of the molecule is Nc1nc(-c2ccccc2)c(Br)c2nn(CCn3cccn3)c(=O)n12. The standard InChI is InChI=1S/C16H14BrN7O/c17-12-13(11-5-2-1-3-6-11)20-15(18)24-14(12)21-23(16(24)25)10-9-22-8-4-7-19-22/h1-8H,9-10H2,(H2,18,20). The topological polar surface area (TPSA) is 96.0 Å². The lowest BCUT2D eigenvalue weighted by Crippen LogP contribution is -2.25. The molecule has 0 aliphatic heterocycles. The quantitative estimate of drug-likeness (QED) is 0.564. The third-order valence-corrected chi connectivity index (χ3v) is 4.58. The van der Waals surface area contributed by atoms with E-state index in [0.717, 1.165) is 5.56 Å². The van der Waals surface area contributed by atoms with Crippen molar-refractivity contribution in [3.05, 3.63) is 63.7 Å². The van der Waals surface area contributed by atoms with E-state index in [0.29, 0.717) is 28.9 Å². The molecule has 4 rings (SSSR count). The number of rotatable bonds is 4. The Kier molecular flexibility index (Phi) is 3.85. The van der Waals surface area contributed by atoms with Crippen LogP contribution in [0.3, 0.4) is 0 Å². The fraction of sp³-hybridized carbons (Fsp3) is 0.125. The molecule has 0 saturated carbocycles. The highest BCUT2D eigenvalue weighted by molar-refractivity contribution is 9.10. The highest BCUT2D eigenvalue weighted by Gasteiger charge is 2.18. The predicted molar refractivity (Wildman–Crippen MR) is 97.0 cm³/mol. The van der Waals surface area contributed by atoms with E-state index in [1.54, 1.807) is 10.9 Å². The van der Waals surface area contributed by atoms with Crippen molar-refractivity contribution in [1.82, 2.24) is 28.9 Å². The molecule has 0 unspecified atom stereocenters. The Balaban J connectivity index is 1.81. The van der Waals surface area contributed by atoms with Crippen LogP contribution in [-0.2, 0) is 13.1 Å². The van der Waals surface area contributed by atoms with Crippen LogP contribution in [0, 0.1) is 0 Å². The molecule has 3 heterocycles. The van der Waals surface area contributed by atoms with Crippen molar-refractivity contribution < 1.29 is 0 Å². The molecule has 0 aliphatic carbocycles. The van der Waals surface area contributed by atoms with Gasteiger partial charge in [0.25, 0.3) is 0 Å². The molecule has 25 heavy (non-hydrogen) atoms. The molecule has 0 radical (unpaired) electrons. The van der Waals surface area contributed by atoms with Crippen LogP contribution < -0.4 is 11.4 Å². The Labute approximate surface area is 150 Å². The van der Waals surface area contributed by atoms with Crippen LogP contribution in [0.1, 0.15) is 0 Å². The van der Waals surface area contributed by atoms with Crippen LogP contribution in [0.2, 0.25) is 0 Å². The molecule has 8 nitrogen and oxygen atoms in total. The first-order chi connectivity index (χ1) is 12.1. The number of fused-ring (bicyclic) bond motifs is 1. The fourth-order valence-corrected chi connectivity index (χ4v) is 3.21. The van der Waals surface area contributed by atoms with E-state index in [9.17, 15) is 4.79 Å². The zero-order valence-electron chi connectivity index (χ0n) is 13.1. The van der Waals surface area contributed by atoms with E-state index in [-0.39, 0.29) is 11.6 Å². The summed E-state index contributed by atoms with van der Waals surface area (Å²) in [6.45, 7) is 0.919. The maximum Gasteiger partial charge on any atom is 0.353 e. The van der Waals surface area contributed by atoms with Crippen LogP contribution >= 0.6 is 15.9 Å². The Morgan fingerprint density at radius 1 is 1.12 bits per heavy atom. The van der Waals surface area contributed by atoms with Crippen molar-refractivity contribution in [1.29, 1.82) is 0 Å². The number of halogens is 1. The fourth-order valence-electron chi connectivity index (χ4n) is 2.64. The minimum absolute atomic E-state index is 0.104. The molecular formula is C16H14BrN7O. The second kappa shape index (κ2) is 6.17. The number of nitrogens with two attached hydrogens (primary N) is 1. The third kappa shape index (κ3) is 2.72. The molecule has 0 atom stereocenters. The highest BCUT2D eigenvalue weighted by Crippen LogP contribution is 2.29. The summed E-state index contributed by atoms with van der Waals surface area (Å²) in [6, 6.07) is 11.4. The van der Waals surface area contributed by atoms with Crippen molar-refractivity contribution in [2.24, 2.45) is 0 Å². The lowest BCUT2D eigenvalue weighted by Gasteiger charge is -2.06. The van der Waals surface area contributed by atoms with E-state index >= 15 is 0 Å². The summed E-state index contributed by atoms with van der Waals surface area (Å²) in [5, 5.41) is 8.54. The number of hydrogen-bond donors (Lipinski definition) is 1. The van der Waals surface area contributed by atoms with Crippen LogP contribution in [0.15, 0.2) is 58.1 Å². The summed E-state index contributed by atoms with van der Waals surface area (Å²) in [4.78, 5) is 17.0. The van der Waals surface area contributed by atoms with Crippen molar-refractivity contribution in [2.75, 3.05) is 5.73 Å². The third-order valence-electron chi connectivity index (χ3n) is 3.85. The van der Waals surface area contributed by atoms with E-state index in [1.807, 2.05) is 42.6 Å². The van der Waals surface area contributed by atoms with Gasteiger partial charge in [0.1, 0.15) is 0 Å². The summed E-state index contributed by atoms with van der Waals surface area (Å²) in [5.74, 6) is 0.104. The summed E-state index contributed by atoms with van der Waals surface area (Å²) in [5.41, 5.74) is 7.68. The smallest absolute Gasteiger partial charge is 0.353 e. The summed E-state index contributed by atoms with van der Waals surface area (Å²) in [7, 11) is 0. The molecule has 1 aromatic carbocycles. The van der Waals surface area contributed by atoms with Crippen molar-refractivity contribution in [3.63, 3.8) is 0 Å². The van der Waals surface area contributed by atoms with E-state index in [1.165, 1.54) is 9.08 Å². The van der Waals surface area contributed by atoms with Crippen LogP contribution in [0.5, 0.6) is 0 Å². The average Bonchev–Trinajstić information content (AvgIpc) is 3.25. The van der Waals surface area contributed by atoms with E-state index < -0.39 is 0 Å². The van der Waals surface area contributed by atoms with Gasteiger partial charge in [-0.1, -0.05) is 30.3 Å². The first-order valence-corrected chi connectivity index (χ1v) is 8.42. The van der Waals surface area contributed by atoms with Gasteiger partial charge in [-0.3, -0.25) is 4.68 Å². The average molecular weight is 400 g/mol. The number of nitrogens with zero attached hydrogens (tertiary/aromatic N) is 6. The summed E-state index contributed by atoms with van der Waals surface area (Å²) in [6.07, 6.45) is 3.53. The Morgan fingerprint density at radius 2 is 1.92 bits per heavy atom. The number of aromatic nitrogens is 6. The Morgan fingerprint density at radius 3 is 2.64 bits per heavy atom. The molecule has 9 heteroatoms.